The summed E-state index contributed by atoms with van der Waals surface area (Å²) in [4.78, 5) is 11.8. The Balaban J connectivity index is 1.19. The van der Waals surface area contributed by atoms with Crippen molar-refractivity contribution in [1.82, 2.24) is 0 Å². The molecule has 1 saturated heterocycles. The Bertz CT molecular complexity index is 1560. The molecular formula is C37H44O6S. The summed E-state index contributed by atoms with van der Waals surface area (Å²) in [6.45, 7) is 5.56. The molecule has 2 aromatic rings. The third-order valence-electron chi connectivity index (χ3n) is 9.10. The minimum absolute atomic E-state index is 0.183. The van der Waals surface area contributed by atoms with Crippen molar-refractivity contribution in [3.8, 4) is 11.8 Å². The second-order valence-electron chi connectivity index (χ2n) is 12.6. The Kier molecular flexibility index (Phi) is 10.5. The number of allylic oxidation sites excluding steroid dienone is 2. The van der Waals surface area contributed by atoms with Crippen molar-refractivity contribution in [3.05, 3.63) is 88.0 Å². The zero-order valence-corrected chi connectivity index (χ0v) is 27.0. The average molecular weight is 617 g/mol. The van der Waals surface area contributed by atoms with Gasteiger partial charge in [0.05, 0.1) is 56.4 Å². The summed E-state index contributed by atoms with van der Waals surface area (Å²) >= 11 is 0. The number of carbonyl (C=O) groups excluding carboxylic acids is 1. The number of carbonyl (C=O) groups is 1. The van der Waals surface area contributed by atoms with Crippen LogP contribution in [0.5, 0.6) is 0 Å². The molecule has 6 nitrogen and oxygen atoms in total. The molecule has 0 saturated carbocycles. The highest BCUT2D eigenvalue weighted by Gasteiger charge is 2.32. The van der Waals surface area contributed by atoms with E-state index in [-0.39, 0.29) is 35.4 Å². The molecule has 3 aliphatic rings. The highest BCUT2D eigenvalue weighted by Crippen LogP contribution is 2.41. The summed E-state index contributed by atoms with van der Waals surface area (Å²) in [5.74, 6) is 6.45. The van der Waals surface area contributed by atoms with Crippen molar-refractivity contribution >= 4 is 21.4 Å². The van der Waals surface area contributed by atoms with Crippen LogP contribution in [0.2, 0.25) is 0 Å². The molecule has 5 rings (SSSR count). The molecule has 2 atom stereocenters. The largest absolute Gasteiger partial charge is 0.469 e. The molecule has 1 unspecified atom stereocenters. The lowest BCUT2D eigenvalue weighted by molar-refractivity contribution is -0.140. The number of hydrogen-bond acceptors (Lipinski definition) is 6. The van der Waals surface area contributed by atoms with Crippen LogP contribution in [-0.2, 0) is 48.5 Å². The van der Waals surface area contributed by atoms with Gasteiger partial charge in [0.25, 0.3) is 0 Å². The van der Waals surface area contributed by atoms with Crippen molar-refractivity contribution in [3.63, 3.8) is 0 Å². The highest BCUT2D eigenvalue weighted by atomic mass is 32.2. The predicted octanol–water partition coefficient (Wildman–Crippen LogP) is 6.72. The van der Waals surface area contributed by atoms with Crippen molar-refractivity contribution < 1.29 is 27.4 Å². The van der Waals surface area contributed by atoms with Gasteiger partial charge in [0, 0.05) is 6.42 Å². The molecule has 0 spiro atoms. The van der Waals surface area contributed by atoms with Gasteiger partial charge in [-0.15, -0.1) is 5.92 Å². The molecule has 2 aromatic carbocycles. The minimum atomic E-state index is -2.86. The molecule has 7 heteroatoms. The van der Waals surface area contributed by atoms with E-state index in [0.717, 1.165) is 42.4 Å². The third-order valence-corrected chi connectivity index (χ3v) is 10.8. The van der Waals surface area contributed by atoms with E-state index in [4.69, 9.17) is 14.2 Å². The summed E-state index contributed by atoms with van der Waals surface area (Å²) in [6, 6.07) is 14.8. The van der Waals surface area contributed by atoms with Crippen LogP contribution in [0.1, 0.15) is 86.1 Å². The van der Waals surface area contributed by atoms with Crippen LogP contribution in [0.3, 0.4) is 0 Å². The number of methoxy groups -OCH3 is 1. The Morgan fingerprint density at radius 1 is 1.05 bits per heavy atom. The Hall–Kier alpha value is -3.18. The maximum absolute atomic E-state index is 11.8. The Morgan fingerprint density at radius 3 is 2.50 bits per heavy atom. The number of rotatable bonds is 10. The highest BCUT2D eigenvalue weighted by molar-refractivity contribution is 7.91. The summed E-state index contributed by atoms with van der Waals surface area (Å²) in [5.41, 5.74) is 8.28. The number of aryl methyl sites for hydroxylation is 1. The number of ether oxygens (including phenoxy) is 3. The van der Waals surface area contributed by atoms with Crippen molar-refractivity contribution in [1.29, 1.82) is 0 Å². The van der Waals surface area contributed by atoms with Crippen LogP contribution in [0, 0.1) is 17.8 Å². The number of esters is 1. The van der Waals surface area contributed by atoms with Crippen molar-refractivity contribution in [2.45, 2.75) is 83.5 Å². The topological polar surface area (TPSA) is 78.9 Å². The minimum Gasteiger partial charge on any atom is -0.469 e. The molecule has 0 bridgehead atoms. The first-order chi connectivity index (χ1) is 21.2. The van der Waals surface area contributed by atoms with Crippen LogP contribution in [0.15, 0.2) is 60.2 Å². The number of benzene rings is 2. The molecule has 2 aliphatic carbocycles. The van der Waals surface area contributed by atoms with Crippen LogP contribution in [-0.4, -0.2) is 45.2 Å². The molecule has 1 heterocycles. The van der Waals surface area contributed by atoms with E-state index in [1.165, 1.54) is 29.4 Å². The van der Waals surface area contributed by atoms with Gasteiger partial charge in [0.1, 0.15) is 9.84 Å². The lowest BCUT2D eigenvalue weighted by atomic mass is 9.83. The van der Waals surface area contributed by atoms with E-state index < -0.39 is 9.84 Å². The molecule has 1 aliphatic heterocycles. The molecule has 0 N–H and O–H groups in total. The van der Waals surface area contributed by atoms with E-state index in [1.54, 1.807) is 6.92 Å². The van der Waals surface area contributed by atoms with Gasteiger partial charge in [-0.1, -0.05) is 60.0 Å². The second kappa shape index (κ2) is 14.3. The van der Waals surface area contributed by atoms with Crippen molar-refractivity contribution in [2.24, 2.45) is 5.92 Å². The fraction of sp³-hybridized carbons (Fsp3) is 0.486. The van der Waals surface area contributed by atoms with E-state index in [0.29, 0.717) is 38.6 Å². The van der Waals surface area contributed by atoms with Crippen LogP contribution < -0.4 is 0 Å². The molecule has 0 amide bonds. The fourth-order valence-electron chi connectivity index (χ4n) is 6.46. The molecule has 44 heavy (non-hydrogen) atoms. The zero-order chi connectivity index (χ0) is 31.2. The fourth-order valence-corrected chi connectivity index (χ4v) is 8.04. The second-order valence-corrected chi connectivity index (χ2v) is 14.9. The van der Waals surface area contributed by atoms with Gasteiger partial charge in [0.15, 0.2) is 0 Å². The van der Waals surface area contributed by atoms with E-state index in [1.807, 2.05) is 24.3 Å². The lowest BCUT2D eigenvalue weighted by Crippen LogP contribution is -2.33. The van der Waals surface area contributed by atoms with Gasteiger partial charge in [-0.2, -0.15) is 0 Å². The number of hydrogen-bond donors (Lipinski definition) is 0. The number of sulfone groups is 1. The predicted molar refractivity (Wildman–Crippen MR) is 174 cm³/mol. The van der Waals surface area contributed by atoms with E-state index >= 15 is 0 Å². The molecule has 234 valence electrons. The molecule has 1 fully saturated rings. The summed E-state index contributed by atoms with van der Waals surface area (Å²) < 4.78 is 41.0. The maximum Gasteiger partial charge on any atom is 0.307 e. The zero-order valence-electron chi connectivity index (χ0n) is 26.2. The van der Waals surface area contributed by atoms with Gasteiger partial charge < -0.3 is 14.2 Å². The molecule has 0 aromatic heterocycles. The lowest BCUT2D eigenvalue weighted by Gasteiger charge is -2.34. The smallest absolute Gasteiger partial charge is 0.307 e. The first-order valence-electron chi connectivity index (χ1n) is 15.7. The quantitative estimate of drug-likeness (QED) is 0.218. The maximum atomic E-state index is 11.8. The normalized spacial score (nSPS) is 21.8. The summed E-state index contributed by atoms with van der Waals surface area (Å²) in [7, 11) is -1.46. The number of fused-ring (bicyclic) bond motifs is 2. The van der Waals surface area contributed by atoms with Crippen LogP contribution in [0.25, 0.3) is 5.57 Å². The first-order valence-corrected chi connectivity index (χ1v) is 17.5. The van der Waals surface area contributed by atoms with Gasteiger partial charge in [-0.25, -0.2) is 8.42 Å². The average Bonchev–Trinajstić information content (AvgIpc) is 3.19. The van der Waals surface area contributed by atoms with Gasteiger partial charge in [0.2, 0.25) is 0 Å². The molecule has 0 radical (unpaired) electrons. The first kappa shape index (κ1) is 32.2. The Morgan fingerprint density at radius 2 is 1.77 bits per heavy atom. The molecular weight excluding hydrogens is 572 g/mol. The van der Waals surface area contributed by atoms with Crippen LogP contribution in [0.4, 0.5) is 0 Å². The SMILES string of the molecule is CC#C[C@@H](CC(=O)OC)c1ccc(COCc2ccc3c(c2)C2=C(CCC3)CC(C)(OCC3CCS(=O)(=O)CC3)C=C2)cc1. The monoisotopic (exact) mass is 616 g/mol. The van der Waals surface area contributed by atoms with E-state index in [2.05, 4.69) is 49.1 Å². The van der Waals surface area contributed by atoms with Gasteiger partial charge in [-0.05, 0) is 91.3 Å². The van der Waals surface area contributed by atoms with Crippen LogP contribution >= 0.6 is 0 Å². The summed E-state index contributed by atoms with van der Waals surface area (Å²) in [6.07, 6.45) is 10.2. The van der Waals surface area contributed by atoms with Crippen molar-refractivity contribution in [2.75, 3.05) is 25.2 Å². The Labute approximate surface area is 262 Å². The summed E-state index contributed by atoms with van der Waals surface area (Å²) in [5, 5.41) is 0. The van der Waals surface area contributed by atoms with Gasteiger partial charge in [-0.3, -0.25) is 4.79 Å². The van der Waals surface area contributed by atoms with Gasteiger partial charge >= 0.3 is 5.97 Å². The van der Waals surface area contributed by atoms with E-state index in [9.17, 15) is 13.2 Å². The third kappa shape index (κ3) is 8.29. The standard InChI is InChI=1S/C37H44O6S/c1-4-6-32(22-36(38)41-3)30-12-9-27(10-13-30)24-42-25-29-11-14-31-7-5-8-33-23-37(2,18-15-34(33)35(31)21-29)43-26-28-16-19-44(39,40)20-17-28/h9-15,18,21,28,32H,5,7-8,16-17,19-20,22-26H2,1-3H3/t32-,37?/m0/s1.